The van der Waals surface area contributed by atoms with Gasteiger partial charge in [0.2, 0.25) is 5.91 Å². The summed E-state index contributed by atoms with van der Waals surface area (Å²) in [5.41, 5.74) is -0.917. The number of halogens is 4. The molecule has 1 aliphatic rings. The fourth-order valence-electron chi connectivity index (χ4n) is 2.18. The SMILES string of the molecule is O=C(CNCC1CCCO1)Nc1ccc(Cl)c(C(F)(F)F)c1. The van der Waals surface area contributed by atoms with Crippen LogP contribution in [0.4, 0.5) is 18.9 Å². The molecule has 1 aliphatic heterocycles. The molecule has 8 heteroatoms. The van der Waals surface area contributed by atoms with Gasteiger partial charge >= 0.3 is 6.18 Å². The molecule has 1 aromatic rings. The van der Waals surface area contributed by atoms with Gasteiger partial charge in [-0.25, -0.2) is 0 Å². The van der Waals surface area contributed by atoms with Crippen molar-refractivity contribution in [2.75, 3.05) is 25.0 Å². The Bertz CT molecular complexity index is 531. The maximum Gasteiger partial charge on any atom is 0.417 e. The number of hydrogen-bond acceptors (Lipinski definition) is 3. The summed E-state index contributed by atoms with van der Waals surface area (Å²) in [7, 11) is 0. The molecule has 22 heavy (non-hydrogen) atoms. The zero-order valence-electron chi connectivity index (χ0n) is 11.7. The first kappa shape index (κ1) is 17.1. The minimum Gasteiger partial charge on any atom is -0.377 e. The molecule has 0 aromatic heterocycles. The van der Waals surface area contributed by atoms with Gasteiger partial charge < -0.3 is 15.4 Å². The van der Waals surface area contributed by atoms with E-state index in [0.29, 0.717) is 6.54 Å². The predicted molar refractivity (Wildman–Crippen MR) is 76.9 cm³/mol. The van der Waals surface area contributed by atoms with Crippen LogP contribution < -0.4 is 10.6 Å². The Morgan fingerprint density at radius 1 is 1.41 bits per heavy atom. The minimum atomic E-state index is -4.56. The summed E-state index contributed by atoms with van der Waals surface area (Å²) in [4.78, 5) is 11.7. The van der Waals surface area contributed by atoms with E-state index in [1.807, 2.05) is 0 Å². The van der Waals surface area contributed by atoms with Crippen LogP contribution in [-0.4, -0.2) is 31.7 Å². The number of benzene rings is 1. The summed E-state index contributed by atoms with van der Waals surface area (Å²) in [6.07, 6.45) is -2.51. The third-order valence-corrected chi connectivity index (χ3v) is 3.57. The molecule has 2 rings (SSSR count). The van der Waals surface area contributed by atoms with Crippen LogP contribution in [0.1, 0.15) is 18.4 Å². The van der Waals surface area contributed by atoms with Crippen LogP contribution in [0.25, 0.3) is 0 Å². The molecular weight excluding hydrogens is 321 g/mol. The third kappa shape index (κ3) is 4.86. The molecule has 2 N–H and O–H groups in total. The first-order valence-electron chi connectivity index (χ1n) is 6.85. The molecule has 4 nitrogen and oxygen atoms in total. The Kier molecular flexibility index (Phi) is 5.66. The number of alkyl halides is 3. The first-order chi connectivity index (χ1) is 10.4. The van der Waals surface area contributed by atoms with Gasteiger partial charge in [0.25, 0.3) is 0 Å². The van der Waals surface area contributed by atoms with Crippen molar-refractivity contribution >= 4 is 23.2 Å². The molecule has 1 unspecified atom stereocenters. The molecular formula is C14H16ClF3N2O2. The number of ether oxygens (including phenoxy) is 1. The number of rotatable bonds is 5. The number of carbonyl (C=O) groups excluding carboxylic acids is 1. The molecule has 1 atom stereocenters. The fourth-order valence-corrected chi connectivity index (χ4v) is 2.40. The van der Waals surface area contributed by atoms with Crippen molar-refractivity contribution in [1.29, 1.82) is 0 Å². The molecule has 1 fully saturated rings. The van der Waals surface area contributed by atoms with E-state index in [4.69, 9.17) is 16.3 Å². The highest BCUT2D eigenvalue weighted by Crippen LogP contribution is 2.36. The van der Waals surface area contributed by atoms with Crippen molar-refractivity contribution in [3.05, 3.63) is 28.8 Å². The lowest BCUT2D eigenvalue weighted by molar-refractivity contribution is -0.137. The molecule has 0 aliphatic carbocycles. The van der Waals surface area contributed by atoms with Gasteiger partial charge in [0.1, 0.15) is 0 Å². The maximum absolute atomic E-state index is 12.7. The highest BCUT2D eigenvalue weighted by molar-refractivity contribution is 6.31. The number of carbonyl (C=O) groups is 1. The second kappa shape index (κ2) is 7.30. The van der Waals surface area contributed by atoms with Gasteiger partial charge in [-0.3, -0.25) is 4.79 Å². The van der Waals surface area contributed by atoms with Crippen LogP contribution >= 0.6 is 11.6 Å². The number of nitrogens with one attached hydrogen (secondary N) is 2. The lowest BCUT2D eigenvalue weighted by Crippen LogP contribution is -2.33. The second-order valence-electron chi connectivity index (χ2n) is 5.01. The number of amides is 1. The average molecular weight is 337 g/mol. The molecule has 0 spiro atoms. The van der Waals surface area contributed by atoms with Gasteiger partial charge in [0, 0.05) is 18.8 Å². The average Bonchev–Trinajstić information content (AvgIpc) is 2.93. The lowest BCUT2D eigenvalue weighted by atomic mass is 10.2. The summed E-state index contributed by atoms with van der Waals surface area (Å²) in [6, 6.07) is 3.26. The van der Waals surface area contributed by atoms with Crippen LogP contribution in [-0.2, 0) is 15.7 Å². The van der Waals surface area contributed by atoms with E-state index in [0.717, 1.165) is 31.6 Å². The molecule has 0 radical (unpaired) electrons. The highest BCUT2D eigenvalue weighted by Gasteiger charge is 2.33. The first-order valence-corrected chi connectivity index (χ1v) is 7.23. The van der Waals surface area contributed by atoms with Crippen molar-refractivity contribution in [1.82, 2.24) is 5.32 Å². The zero-order chi connectivity index (χ0) is 16.2. The second-order valence-corrected chi connectivity index (χ2v) is 5.41. The summed E-state index contributed by atoms with van der Waals surface area (Å²) in [5.74, 6) is -0.423. The van der Waals surface area contributed by atoms with Gasteiger partial charge in [0.05, 0.1) is 23.2 Å². The Morgan fingerprint density at radius 2 is 2.18 bits per heavy atom. The van der Waals surface area contributed by atoms with Gasteiger partial charge in [-0.1, -0.05) is 11.6 Å². The van der Waals surface area contributed by atoms with E-state index < -0.39 is 22.7 Å². The van der Waals surface area contributed by atoms with Crippen molar-refractivity contribution in [3.63, 3.8) is 0 Å². The molecule has 1 heterocycles. The largest absolute Gasteiger partial charge is 0.417 e. The summed E-state index contributed by atoms with van der Waals surface area (Å²) in [5, 5.41) is 4.92. The Morgan fingerprint density at radius 3 is 2.82 bits per heavy atom. The lowest BCUT2D eigenvalue weighted by Gasteiger charge is -2.13. The smallest absolute Gasteiger partial charge is 0.377 e. The van der Waals surface area contributed by atoms with Crippen molar-refractivity contribution in [3.8, 4) is 0 Å². The van der Waals surface area contributed by atoms with E-state index in [9.17, 15) is 18.0 Å². The topological polar surface area (TPSA) is 50.4 Å². The Labute approximate surface area is 131 Å². The van der Waals surface area contributed by atoms with E-state index in [1.165, 1.54) is 6.07 Å². The Balaban J connectivity index is 1.85. The van der Waals surface area contributed by atoms with Crippen molar-refractivity contribution < 1.29 is 22.7 Å². The van der Waals surface area contributed by atoms with E-state index in [1.54, 1.807) is 0 Å². The molecule has 0 saturated carbocycles. The molecule has 1 amide bonds. The van der Waals surface area contributed by atoms with Crippen LogP contribution in [0.15, 0.2) is 18.2 Å². The van der Waals surface area contributed by atoms with Crippen molar-refractivity contribution in [2.45, 2.75) is 25.1 Å². The van der Waals surface area contributed by atoms with Gasteiger partial charge in [0.15, 0.2) is 0 Å². The van der Waals surface area contributed by atoms with E-state index in [2.05, 4.69) is 10.6 Å². The third-order valence-electron chi connectivity index (χ3n) is 3.24. The predicted octanol–water partition coefficient (Wildman–Crippen LogP) is 3.07. The van der Waals surface area contributed by atoms with Crippen molar-refractivity contribution in [2.24, 2.45) is 0 Å². The summed E-state index contributed by atoms with van der Waals surface area (Å²) >= 11 is 5.51. The summed E-state index contributed by atoms with van der Waals surface area (Å²) < 4.78 is 43.5. The quantitative estimate of drug-likeness (QED) is 0.869. The molecule has 122 valence electrons. The maximum atomic E-state index is 12.7. The van der Waals surface area contributed by atoms with Crippen LogP contribution in [0.2, 0.25) is 5.02 Å². The highest BCUT2D eigenvalue weighted by atomic mass is 35.5. The standard InChI is InChI=1S/C14H16ClF3N2O2/c15-12-4-3-9(6-11(12)14(16,17)18)20-13(21)8-19-7-10-2-1-5-22-10/h3-4,6,10,19H,1-2,5,7-8H2,(H,20,21). The molecule has 1 saturated heterocycles. The Hall–Kier alpha value is -1.31. The van der Waals surface area contributed by atoms with Gasteiger partial charge in [-0.05, 0) is 31.0 Å². The normalized spacial score (nSPS) is 18.5. The fraction of sp³-hybridized carbons (Fsp3) is 0.500. The van der Waals surface area contributed by atoms with Crippen LogP contribution in [0.3, 0.4) is 0 Å². The summed E-state index contributed by atoms with van der Waals surface area (Å²) in [6.45, 7) is 1.27. The van der Waals surface area contributed by atoms with E-state index in [-0.39, 0.29) is 18.3 Å². The van der Waals surface area contributed by atoms with E-state index >= 15 is 0 Å². The monoisotopic (exact) mass is 336 g/mol. The van der Waals surface area contributed by atoms with Gasteiger partial charge in [-0.2, -0.15) is 13.2 Å². The van der Waals surface area contributed by atoms with Crippen LogP contribution in [0, 0.1) is 0 Å². The molecule has 1 aromatic carbocycles. The van der Waals surface area contributed by atoms with Gasteiger partial charge in [-0.15, -0.1) is 0 Å². The van der Waals surface area contributed by atoms with Crippen LogP contribution in [0.5, 0.6) is 0 Å². The minimum absolute atomic E-state index is 0.00381. The molecule has 0 bridgehead atoms. The number of anilines is 1. The zero-order valence-corrected chi connectivity index (χ0v) is 12.4. The number of hydrogen-bond donors (Lipinski definition) is 2.